The molecule has 0 radical (unpaired) electrons. The van der Waals surface area contributed by atoms with Gasteiger partial charge in [0.15, 0.2) is 0 Å². The van der Waals surface area contributed by atoms with E-state index in [2.05, 4.69) is 29.0 Å². The Bertz CT molecular complexity index is 906. The summed E-state index contributed by atoms with van der Waals surface area (Å²) in [5.74, 6) is -0.160. The average Bonchev–Trinajstić information content (AvgIpc) is 2.66. The Morgan fingerprint density at radius 2 is 1.73 bits per heavy atom. The summed E-state index contributed by atoms with van der Waals surface area (Å²) in [6.45, 7) is 6.95. The molecule has 3 aromatic rings. The van der Waals surface area contributed by atoms with Crippen LogP contribution in [0.5, 0.6) is 0 Å². The molecule has 2 aromatic carbocycles. The summed E-state index contributed by atoms with van der Waals surface area (Å²) in [4.78, 5) is 19.0. The van der Waals surface area contributed by atoms with Crippen molar-refractivity contribution in [2.45, 2.75) is 20.8 Å². The zero-order valence-electron chi connectivity index (χ0n) is 15.4. The van der Waals surface area contributed by atoms with E-state index >= 15 is 0 Å². The van der Waals surface area contributed by atoms with Gasteiger partial charge in [-0.2, -0.15) is 0 Å². The van der Waals surface area contributed by atoms with Crippen molar-refractivity contribution >= 4 is 23.0 Å². The van der Waals surface area contributed by atoms with Crippen molar-refractivity contribution in [2.75, 3.05) is 16.8 Å². The molecule has 0 aliphatic carbocycles. The molecule has 0 unspecified atom stereocenters. The highest BCUT2D eigenvalue weighted by Crippen LogP contribution is 2.25. The normalized spacial score (nSPS) is 10.4. The summed E-state index contributed by atoms with van der Waals surface area (Å²) in [7, 11) is 0. The van der Waals surface area contributed by atoms with Gasteiger partial charge in [0.25, 0.3) is 5.91 Å². The van der Waals surface area contributed by atoms with Gasteiger partial charge in [0.1, 0.15) is 0 Å². The first-order valence-electron chi connectivity index (χ1n) is 8.74. The number of nitrogens with zero attached hydrogens (tertiary/aromatic N) is 2. The summed E-state index contributed by atoms with van der Waals surface area (Å²) in [6.07, 6.45) is 3.38. The molecule has 0 spiro atoms. The third-order valence-electron chi connectivity index (χ3n) is 4.45. The molecule has 0 aliphatic rings. The minimum atomic E-state index is -0.160. The standard InChI is InChI=1S/C22H23N3O/c1-4-25(20-8-6-5-7-9-20)21-13-18(14-23-15-21)22(26)24-19-11-10-16(2)17(3)12-19/h5-15H,4H2,1-3H3,(H,24,26). The molecule has 1 amide bonds. The van der Waals surface area contributed by atoms with Crippen LogP contribution in [0, 0.1) is 13.8 Å². The molecule has 0 bridgehead atoms. The Morgan fingerprint density at radius 3 is 2.42 bits per heavy atom. The number of aromatic nitrogens is 1. The van der Waals surface area contributed by atoms with E-state index in [0.29, 0.717) is 5.56 Å². The van der Waals surface area contributed by atoms with Gasteiger partial charge in [0.05, 0.1) is 17.4 Å². The minimum absolute atomic E-state index is 0.160. The lowest BCUT2D eigenvalue weighted by atomic mass is 10.1. The van der Waals surface area contributed by atoms with Gasteiger partial charge in [-0.1, -0.05) is 24.3 Å². The summed E-state index contributed by atoms with van der Waals surface area (Å²) >= 11 is 0. The van der Waals surface area contributed by atoms with Gasteiger partial charge in [-0.3, -0.25) is 9.78 Å². The maximum absolute atomic E-state index is 12.6. The second kappa shape index (κ2) is 7.83. The lowest BCUT2D eigenvalue weighted by Gasteiger charge is -2.23. The lowest BCUT2D eigenvalue weighted by Crippen LogP contribution is -2.18. The van der Waals surface area contributed by atoms with Crippen LogP contribution < -0.4 is 10.2 Å². The van der Waals surface area contributed by atoms with Crippen LogP contribution in [0.1, 0.15) is 28.4 Å². The van der Waals surface area contributed by atoms with Crippen LogP contribution in [0.3, 0.4) is 0 Å². The van der Waals surface area contributed by atoms with Crippen molar-refractivity contribution in [1.29, 1.82) is 0 Å². The fraction of sp³-hybridized carbons (Fsp3) is 0.182. The molecule has 0 atom stereocenters. The van der Waals surface area contributed by atoms with Crippen LogP contribution >= 0.6 is 0 Å². The highest BCUT2D eigenvalue weighted by Gasteiger charge is 2.12. The van der Waals surface area contributed by atoms with Gasteiger partial charge in [-0.25, -0.2) is 0 Å². The van der Waals surface area contributed by atoms with Crippen molar-refractivity contribution in [1.82, 2.24) is 4.98 Å². The molecule has 0 saturated carbocycles. The Kier molecular flexibility index (Phi) is 5.32. The van der Waals surface area contributed by atoms with E-state index in [9.17, 15) is 4.79 Å². The van der Waals surface area contributed by atoms with Gasteiger partial charge >= 0.3 is 0 Å². The Hall–Kier alpha value is -3.14. The molecule has 0 aliphatic heterocycles. The van der Waals surface area contributed by atoms with Gasteiger partial charge in [0.2, 0.25) is 0 Å². The predicted octanol–water partition coefficient (Wildman–Crippen LogP) is 5.11. The number of anilines is 3. The van der Waals surface area contributed by atoms with E-state index < -0.39 is 0 Å². The van der Waals surface area contributed by atoms with E-state index in [-0.39, 0.29) is 5.91 Å². The fourth-order valence-corrected chi connectivity index (χ4v) is 2.84. The molecule has 0 fully saturated rings. The largest absolute Gasteiger partial charge is 0.340 e. The molecule has 1 heterocycles. The zero-order valence-corrected chi connectivity index (χ0v) is 15.4. The number of rotatable bonds is 5. The monoisotopic (exact) mass is 345 g/mol. The summed E-state index contributed by atoms with van der Waals surface area (Å²) in [5.41, 5.74) is 5.65. The third kappa shape index (κ3) is 3.91. The quantitative estimate of drug-likeness (QED) is 0.699. The topological polar surface area (TPSA) is 45.2 Å². The number of carbonyl (C=O) groups is 1. The van der Waals surface area contributed by atoms with E-state index in [0.717, 1.165) is 29.2 Å². The molecule has 4 nitrogen and oxygen atoms in total. The predicted molar refractivity (Wildman–Crippen MR) is 107 cm³/mol. The maximum Gasteiger partial charge on any atom is 0.257 e. The molecule has 4 heteroatoms. The second-order valence-corrected chi connectivity index (χ2v) is 6.26. The molecule has 0 saturated heterocycles. The van der Waals surface area contributed by atoms with E-state index in [1.54, 1.807) is 12.4 Å². The van der Waals surface area contributed by atoms with Gasteiger partial charge in [0, 0.05) is 24.1 Å². The first kappa shape index (κ1) is 17.7. The number of nitrogens with one attached hydrogen (secondary N) is 1. The van der Waals surface area contributed by atoms with Gasteiger partial charge in [-0.15, -0.1) is 0 Å². The van der Waals surface area contributed by atoms with Crippen molar-refractivity contribution in [3.05, 3.63) is 83.7 Å². The van der Waals surface area contributed by atoms with Crippen LogP contribution in [-0.2, 0) is 0 Å². The first-order valence-corrected chi connectivity index (χ1v) is 8.74. The first-order chi connectivity index (χ1) is 12.6. The molecule has 26 heavy (non-hydrogen) atoms. The van der Waals surface area contributed by atoms with E-state index in [4.69, 9.17) is 0 Å². The summed E-state index contributed by atoms with van der Waals surface area (Å²) in [5, 5.41) is 2.95. The van der Waals surface area contributed by atoms with E-state index in [1.165, 1.54) is 5.56 Å². The molecule has 3 rings (SSSR count). The number of hydrogen-bond donors (Lipinski definition) is 1. The number of benzene rings is 2. The van der Waals surface area contributed by atoms with Crippen molar-refractivity contribution < 1.29 is 4.79 Å². The Morgan fingerprint density at radius 1 is 0.962 bits per heavy atom. The number of pyridine rings is 1. The van der Waals surface area contributed by atoms with Gasteiger partial charge < -0.3 is 10.2 Å². The Labute approximate surface area is 154 Å². The van der Waals surface area contributed by atoms with Crippen LogP contribution in [0.15, 0.2) is 67.0 Å². The summed E-state index contributed by atoms with van der Waals surface area (Å²) in [6, 6.07) is 17.9. The second-order valence-electron chi connectivity index (χ2n) is 6.26. The van der Waals surface area contributed by atoms with E-state index in [1.807, 2.05) is 61.5 Å². The molecular formula is C22H23N3O. The van der Waals surface area contributed by atoms with Crippen LogP contribution in [-0.4, -0.2) is 17.4 Å². The highest BCUT2D eigenvalue weighted by molar-refractivity contribution is 6.04. The number of hydrogen-bond acceptors (Lipinski definition) is 3. The molecular weight excluding hydrogens is 322 g/mol. The van der Waals surface area contributed by atoms with Crippen molar-refractivity contribution in [2.24, 2.45) is 0 Å². The van der Waals surface area contributed by atoms with Crippen LogP contribution in [0.2, 0.25) is 0 Å². The third-order valence-corrected chi connectivity index (χ3v) is 4.45. The van der Waals surface area contributed by atoms with Gasteiger partial charge in [-0.05, 0) is 62.2 Å². The average molecular weight is 345 g/mol. The lowest BCUT2D eigenvalue weighted by molar-refractivity contribution is 0.102. The summed E-state index contributed by atoms with van der Waals surface area (Å²) < 4.78 is 0. The van der Waals surface area contributed by atoms with Crippen LogP contribution in [0.25, 0.3) is 0 Å². The fourth-order valence-electron chi connectivity index (χ4n) is 2.84. The molecule has 1 aromatic heterocycles. The van der Waals surface area contributed by atoms with Crippen molar-refractivity contribution in [3.63, 3.8) is 0 Å². The number of amides is 1. The highest BCUT2D eigenvalue weighted by atomic mass is 16.1. The Balaban J connectivity index is 1.84. The van der Waals surface area contributed by atoms with Crippen molar-refractivity contribution in [3.8, 4) is 0 Å². The number of para-hydroxylation sites is 1. The molecule has 1 N–H and O–H groups in total. The minimum Gasteiger partial charge on any atom is -0.340 e. The molecule has 132 valence electrons. The smallest absolute Gasteiger partial charge is 0.257 e. The van der Waals surface area contributed by atoms with Crippen LogP contribution in [0.4, 0.5) is 17.1 Å². The zero-order chi connectivity index (χ0) is 18.5. The SMILES string of the molecule is CCN(c1ccccc1)c1cncc(C(=O)Nc2ccc(C)c(C)c2)c1. The maximum atomic E-state index is 12.6. The number of carbonyl (C=O) groups excluding carboxylic acids is 1. The number of aryl methyl sites for hydroxylation is 2.